The number of aryl methyl sites for hydroxylation is 1. The van der Waals surface area contributed by atoms with Gasteiger partial charge in [0.1, 0.15) is 11.4 Å². The molecule has 0 unspecified atom stereocenters. The first-order valence-corrected chi connectivity index (χ1v) is 9.07. The topological polar surface area (TPSA) is 81.9 Å². The molecule has 3 aromatic rings. The molecule has 1 amide bonds. The lowest BCUT2D eigenvalue weighted by molar-refractivity contribution is -0.115. The molecular weight excluding hydrogens is 350 g/mol. The first kappa shape index (κ1) is 17.9. The molecule has 0 saturated carbocycles. The molecule has 0 aliphatic rings. The number of thioether (sulfide) groups is 1. The zero-order chi connectivity index (χ0) is 18.4. The van der Waals surface area contributed by atoms with Crippen molar-refractivity contribution in [2.24, 2.45) is 0 Å². The molecule has 1 aromatic heterocycles. The second-order valence-electron chi connectivity index (χ2n) is 5.51. The molecule has 0 spiro atoms. The highest BCUT2D eigenvalue weighted by Crippen LogP contribution is 2.25. The number of amides is 1. The lowest BCUT2D eigenvalue weighted by Gasteiger charge is -2.09. The van der Waals surface area contributed by atoms with Crippen LogP contribution in [0.4, 0.5) is 5.69 Å². The molecule has 1 heterocycles. The summed E-state index contributed by atoms with van der Waals surface area (Å²) in [5.74, 6) is 1.20. The van der Waals surface area contributed by atoms with Gasteiger partial charge >= 0.3 is 0 Å². The van der Waals surface area contributed by atoms with Crippen molar-refractivity contribution in [3.05, 3.63) is 54.1 Å². The van der Waals surface area contributed by atoms with Crippen LogP contribution in [0.1, 0.15) is 12.0 Å². The second kappa shape index (κ2) is 8.48. The van der Waals surface area contributed by atoms with Crippen molar-refractivity contribution in [3.8, 4) is 11.4 Å². The molecule has 0 atom stereocenters. The van der Waals surface area contributed by atoms with Gasteiger partial charge in [-0.1, -0.05) is 42.1 Å². The number of anilines is 1. The first-order chi connectivity index (χ1) is 12.7. The fourth-order valence-electron chi connectivity index (χ4n) is 2.39. The van der Waals surface area contributed by atoms with Gasteiger partial charge < -0.3 is 10.1 Å². The van der Waals surface area contributed by atoms with Crippen LogP contribution in [0.2, 0.25) is 0 Å². The largest absolute Gasteiger partial charge is 0.494 e. The molecule has 0 saturated heterocycles. The Balaban J connectivity index is 1.60. The van der Waals surface area contributed by atoms with Crippen molar-refractivity contribution < 1.29 is 9.53 Å². The number of para-hydroxylation sites is 3. The molecule has 2 aromatic carbocycles. The number of rotatable bonds is 7. The second-order valence-corrected chi connectivity index (χ2v) is 6.57. The van der Waals surface area contributed by atoms with Crippen LogP contribution in [0, 0.1) is 6.92 Å². The highest BCUT2D eigenvalue weighted by Gasteiger charge is 2.13. The fraction of sp³-hybridized carbons (Fsp3) is 0.222. The average Bonchev–Trinajstić information content (AvgIpc) is 3.12. The summed E-state index contributed by atoms with van der Waals surface area (Å²) in [7, 11) is 1.60. The van der Waals surface area contributed by atoms with Crippen LogP contribution in [0.15, 0.2) is 53.7 Å². The van der Waals surface area contributed by atoms with Crippen molar-refractivity contribution in [1.29, 1.82) is 0 Å². The van der Waals surface area contributed by atoms with Gasteiger partial charge in [-0.15, -0.1) is 5.10 Å². The predicted octanol–water partition coefficient (Wildman–Crippen LogP) is 3.10. The maximum atomic E-state index is 12.1. The van der Waals surface area contributed by atoms with Crippen LogP contribution in [-0.4, -0.2) is 39.0 Å². The van der Waals surface area contributed by atoms with Gasteiger partial charge in [0.15, 0.2) is 0 Å². The Hall–Kier alpha value is -2.87. The number of hydrogen-bond donors (Lipinski definition) is 1. The minimum Gasteiger partial charge on any atom is -0.494 e. The van der Waals surface area contributed by atoms with Crippen LogP contribution in [0.3, 0.4) is 0 Å². The number of tetrazole rings is 1. The van der Waals surface area contributed by atoms with E-state index in [4.69, 9.17) is 4.74 Å². The summed E-state index contributed by atoms with van der Waals surface area (Å²) in [4.78, 5) is 12.1. The van der Waals surface area contributed by atoms with E-state index in [0.29, 0.717) is 23.1 Å². The fourth-order valence-corrected chi connectivity index (χ4v) is 3.21. The molecule has 1 N–H and O–H groups in total. The van der Waals surface area contributed by atoms with E-state index in [1.54, 1.807) is 11.8 Å². The number of methoxy groups -OCH3 is 1. The zero-order valence-electron chi connectivity index (χ0n) is 14.5. The third kappa shape index (κ3) is 4.20. The summed E-state index contributed by atoms with van der Waals surface area (Å²) < 4.78 is 6.97. The van der Waals surface area contributed by atoms with E-state index in [9.17, 15) is 4.79 Å². The number of carbonyl (C=O) groups excluding carboxylic acids is 1. The lowest BCUT2D eigenvalue weighted by Crippen LogP contribution is -2.13. The molecule has 0 bridgehead atoms. The van der Waals surface area contributed by atoms with E-state index in [-0.39, 0.29) is 5.91 Å². The van der Waals surface area contributed by atoms with Crippen molar-refractivity contribution in [3.63, 3.8) is 0 Å². The summed E-state index contributed by atoms with van der Waals surface area (Å²) in [6.45, 7) is 1.96. The maximum absolute atomic E-state index is 12.1. The Morgan fingerprint density at radius 3 is 2.77 bits per heavy atom. The number of ether oxygens (including phenoxy) is 1. The van der Waals surface area contributed by atoms with Gasteiger partial charge in [-0.3, -0.25) is 4.79 Å². The van der Waals surface area contributed by atoms with Gasteiger partial charge in [0, 0.05) is 17.9 Å². The highest BCUT2D eigenvalue weighted by atomic mass is 32.2. The van der Waals surface area contributed by atoms with E-state index < -0.39 is 0 Å². The van der Waals surface area contributed by atoms with E-state index >= 15 is 0 Å². The first-order valence-electron chi connectivity index (χ1n) is 8.09. The number of nitrogens with one attached hydrogen (secondary N) is 1. The van der Waals surface area contributed by atoms with Gasteiger partial charge in [0.2, 0.25) is 11.1 Å². The molecule has 0 aliphatic carbocycles. The van der Waals surface area contributed by atoms with Crippen molar-refractivity contribution >= 4 is 23.4 Å². The number of nitrogens with zero attached hydrogens (tertiary/aromatic N) is 4. The monoisotopic (exact) mass is 369 g/mol. The van der Waals surface area contributed by atoms with E-state index in [0.717, 1.165) is 16.9 Å². The number of aromatic nitrogens is 4. The van der Waals surface area contributed by atoms with Crippen molar-refractivity contribution in [2.45, 2.75) is 18.5 Å². The zero-order valence-corrected chi connectivity index (χ0v) is 15.4. The van der Waals surface area contributed by atoms with E-state index in [1.807, 2.05) is 55.5 Å². The molecule has 134 valence electrons. The minimum atomic E-state index is -0.0388. The number of hydrogen-bond acceptors (Lipinski definition) is 6. The van der Waals surface area contributed by atoms with E-state index in [2.05, 4.69) is 20.8 Å². The lowest BCUT2D eigenvalue weighted by atomic mass is 10.2. The Labute approximate surface area is 155 Å². The van der Waals surface area contributed by atoms with Crippen LogP contribution >= 0.6 is 11.8 Å². The Morgan fingerprint density at radius 1 is 1.19 bits per heavy atom. The summed E-state index contributed by atoms with van der Waals surface area (Å²) in [6, 6.07) is 15.2. The van der Waals surface area contributed by atoms with Crippen LogP contribution in [0.5, 0.6) is 5.75 Å². The molecule has 8 heteroatoms. The van der Waals surface area contributed by atoms with Gasteiger partial charge in [-0.25, -0.2) is 0 Å². The summed E-state index contributed by atoms with van der Waals surface area (Å²) in [5, 5.41) is 15.3. The van der Waals surface area contributed by atoms with Crippen molar-refractivity contribution in [1.82, 2.24) is 20.2 Å². The van der Waals surface area contributed by atoms with Crippen LogP contribution in [-0.2, 0) is 4.79 Å². The Kier molecular flexibility index (Phi) is 5.85. The molecule has 3 rings (SSSR count). The van der Waals surface area contributed by atoms with Crippen LogP contribution in [0.25, 0.3) is 5.69 Å². The molecule has 0 radical (unpaired) electrons. The number of carbonyl (C=O) groups is 1. The molecule has 0 aliphatic heterocycles. The Bertz CT molecular complexity index is 897. The molecule has 0 fully saturated rings. The van der Waals surface area contributed by atoms with Gasteiger partial charge in [0.25, 0.3) is 0 Å². The highest BCUT2D eigenvalue weighted by molar-refractivity contribution is 7.99. The van der Waals surface area contributed by atoms with Gasteiger partial charge in [0.05, 0.1) is 7.11 Å². The smallest absolute Gasteiger partial charge is 0.225 e. The summed E-state index contributed by atoms with van der Waals surface area (Å²) in [6.07, 6.45) is 0.359. The minimum absolute atomic E-state index is 0.0388. The van der Waals surface area contributed by atoms with Crippen molar-refractivity contribution in [2.75, 3.05) is 18.2 Å². The normalized spacial score (nSPS) is 10.5. The van der Waals surface area contributed by atoms with Gasteiger partial charge in [-0.2, -0.15) is 4.68 Å². The summed E-state index contributed by atoms with van der Waals surface area (Å²) >= 11 is 1.42. The Morgan fingerprint density at radius 2 is 1.96 bits per heavy atom. The van der Waals surface area contributed by atoms with E-state index in [1.165, 1.54) is 11.8 Å². The maximum Gasteiger partial charge on any atom is 0.225 e. The molecular formula is C18H19N5O2S. The van der Waals surface area contributed by atoms with Crippen LogP contribution < -0.4 is 10.1 Å². The van der Waals surface area contributed by atoms with Gasteiger partial charge in [-0.05, 0) is 41.1 Å². The third-order valence-corrected chi connectivity index (χ3v) is 4.65. The molecule has 26 heavy (non-hydrogen) atoms. The SMILES string of the molecule is COc1ccccc1-n1nnnc1SCCC(=O)Nc1ccccc1C. The summed E-state index contributed by atoms with van der Waals surface area (Å²) in [5.41, 5.74) is 2.63. The average molecular weight is 369 g/mol. The third-order valence-electron chi connectivity index (χ3n) is 3.73. The molecule has 7 nitrogen and oxygen atoms in total. The predicted molar refractivity (Wildman–Crippen MR) is 101 cm³/mol. The standard InChI is InChI=1S/C18H19N5O2S/c1-13-7-3-4-8-14(13)19-17(24)11-12-26-18-20-21-22-23(18)15-9-5-6-10-16(15)25-2/h3-10H,11-12H2,1-2H3,(H,19,24). The quantitative estimate of drug-likeness (QED) is 0.645. The number of benzene rings is 2.